The highest BCUT2D eigenvalue weighted by molar-refractivity contribution is 5.82. The van der Waals surface area contributed by atoms with Crippen LogP contribution in [0.25, 0.3) is 0 Å². The van der Waals surface area contributed by atoms with Gasteiger partial charge in [0, 0.05) is 13.6 Å². The fourth-order valence-electron chi connectivity index (χ4n) is 2.22. The van der Waals surface area contributed by atoms with Crippen molar-refractivity contribution in [3.05, 3.63) is 23.8 Å². The van der Waals surface area contributed by atoms with Gasteiger partial charge in [0.15, 0.2) is 11.5 Å². The van der Waals surface area contributed by atoms with Crippen molar-refractivity contribution in [1.29, 1.82) is 0 Å². The minimum Gasteiger partial charge on any atom is -0.493 e. The van der Waals surface area contributed by atoms with E-state index in [-0.39, 0.29) is 12.5 Å². The topological polar surface area (TPSA) is 77.1 Å². The molecule has 0 aromatic heterocycles. The van der Waals surface area contributed by atoms with Gasteiger partial charge in [-0.3, -0.25) is 4.79 Å². The molecule has 1 aromatic rings. The van der Waals surface area contributed by atoms with E-state index in [1.165, 1.54) is 11.9 Å². The maximum atomic E-state index is 12.1. The van der Waals surface area contributed by atoms with Crippen LogP contribution >= 0.6 is 0 Å². The lowest BCUT2D eigenvalue weighted by Crippen LogP contribution is -2.40. The molecule has 0 radical (unpaired) electrons. The van der Waals surface area contributed by atoms with E-state index >= 15 is 0 Å². The monoisotopic (exact) mass is 394 g/mol. The van der Waals surface area contributed by atoms with E-state index in [0.717, 1.165) is 12.0 Å². The molecule has 0 spiro atoms. The Balaban J connectivity index is 2.55. The van der Waals surface area contributed by atoms with Gasteiger partial charge in [-0.15, -0.1) is 0 Å². The van der Waals surface area contributed by atoms with Gasteiger partial charge in [0.05, 0.1) is 13.7 Å². The molecule has 1 aromatic carbocycles. The van der Waals surface area contributed by atoms with Crippen molar-refractivity contribution in [2.45, 2.75) is 53.2 Å². The summed E-state index contributed by atoms with van der Waals surface area (Å²) in [7, 11) is 3.11. The zero-order valence-electron chi connectivity index (χ0n) is 18.1. The van der Waals surface area contributed by atoms with Gasteiger partial charge < -0.3 is 24.4 Å². The maximum Gasteiger partial charge on any atom is 0.410 e. The molecule has 1 N–H and O–H groups in total. The highest BCUT2D eigenvalue weighted by atomic mass is 16.6. The van der Waals surface area contributed by atoms with Crippen molar-refractivity contribution in [2.75, 3.05) is 27.3 Å². The zero-order chi connectivity index (χ0) is 21.3. The number of benzene rings is 1. The molecule has 2 amide bonds. The van der Waals surface area contributed by atoms with Crippen molar-refractivity contribution >= 4 is 12.0 Å². The Morgan fingerprint density at radius 3 is 2.43 bits per heavy atom. The van der Waals surface area contributed by atoms with Crippen LogP contribution < -0.4 is 14.8 Å². The van der Waals surface area contributed by atoms with Crippen LogP contribution in [0.3, 0.4) is 0 Å². The number of nitrogens with one attached hydrogen (secondary N) is 1. The fourth-order valence-corrected chi connectivity index (χ4v) is 2.22. The summed E-state index contributed by atoms with van der Waals surface area (Å²) in [5.74, 6) is 1.60. The highest BCUT2D eigenvalue weighted by Crippen LogP contribution is 2.28. The van der Waals surface area contributed by atoms with Gasteiger partial charge in [-0.2, -0.15) is 0 Å². The molecule has 7 nitrogen and oxygen atoms in total. The van der Waals surface area contributed by atoms with E-state index in [2.05, 4.69) is 19.2 Å². The van der Waals surface area contributed by atoms with Crippen molar-refractivity contribution < 1.29 is 23.8 Å². The maximum absolute atomic E-state index is 12.1. The van der Waals surface area contributed by atoms with E-state index in [9.17, 15) is 9.59 Å². The smallest absolute Gasteiger partial charge is 0.410 e. The van der Waals surface area contributed by atoms with Crippen LogP contribution in [0.1, 0.15) is 46.6 Å². The molecule has 1 rings (SSSR count). The molecule has 7 heteroatoms. The molecule has 0 unspecified atom stereocenters. The van der Waals surface area contributed by atoms with Crippen molar-refractivity contribution in [2.24, 2.45) is 5.92 Å². The van der Waals surface area contributed by atoms with E-state index in [1.54, 1.807) is 27.9 Å². The molecule has 0 aliphatic carbocycles. The minimum absolute atomic E-state index is 0.0809. The molecule has 0 atom stereocenters. The van der Waals surface area contributed by atoms with Crippen LogP contribution in [0.4, 0.5) is 4.79 Å². The quantitative estimate of drug-likeness (QED) is 0.692. The second-order valence-corrected chi connectivity index (χ2v) is 8.13. The van der Waals surface area contributed by atoms with Gasteiger partial charge in [-0.1, -0.05) is 19.9 Å². The molecule has 0 heterocycles. The van der Waals surface area contributed by atoms with Crippen LogP contribution in [0.15, 0.2) is 18.2 Å². The van der Waals surface area contributed by atoms with E-state index in [0.29, 0.717) is 30.6 Å². The minimum atomic E-state index is -0.600. The standard InChI is InChI=1S/C21H34N2O5/c1-15(2)10-11-27-17-9-8-16(12-18(17)26-7)13-22-19(24)14-23(6)20(25)28-21(3,4)5/h8-9,12,15H,10-11,13-14H2,1-7H3,(H,22,24). The predicted molar refractivity (Wildman–Crippen MR) is 109 cm³/mol. The van der Waals surface area contributed by atoms with Crippen molar-refractivity contribution in [1.82, 2.24) is 10.2 Å². The summed E-state index contributed by atoms with van der Waals surface area (Å²) in [5, 5.41) is 2.79. The first-order valence-corrected chi connectivity index (χ1v) is 9.52. The second-order valence-electron chi connectivity index (χ2n) is 8.13. The molecule has 0 saturated heterocycles. The summed E-state index contributed by atoms with van der Waals surface area (Å²) in [6.45, 7) is 10.5. The van der Waals surface area contributed by atoms with E-state index in [4.69, 9.17) is 14.2 Å². The summed E-state index contributed by atoms with van der Waals surface area (Å²) < 4.78 is 16.4. The average Bonchev–Trinajstić information content (AvgIpc) is 2.58. The first kappa shape index (κ1) is 23.6. The zero-order valence-corrected chi connectivity index (χ0v) is 18.1. The normalized spacial score (nSPS) is 11.1. The summed E-state index contributed by atoms with van der Waals surface area (Å²) in [6, 6.07) is 5.56. The lowest BCUT2D eigenvalue weighted by atomic mass is 10.1. The second kappa shape index (κ2) is 10.8. The number of rotatable bonds is 9. The highest BCUT2D eigenvalue weighted by Gasteiger charge is 2.21. The Morgan fingerprint density at radius 2 is 1.86 bits per heavy atom. The first-order chi connectivity index (χ1) is 13.0. The molecular formula is C21H34N2O5. The van der Waals surface area contributed by atoms with Crippen LogP contribution in [-0.2, 0) is 16.1 Å². The van der Waals surface area contributed by atoms with Gasteiger partial charge in [-0.25, -0.2) is 4.79 Å². The van der Waals surface area contributed by atoms with Gasteiger partial charge in [0.1, 0.15) is 12.1 Å². The Morgan fingerprint density at radius 1 is 1.18 bits per heavy atom. The van der Waals surface area contributed by atoms with E-state index < -0.39 is 11.7 Å². The summed E-state index contributed by atoms with van der Waals surface area (Å²) in [5.41, 5.74) is 0.276. The van der Waals surface area contributed by atoms with Gasteiger partial charge in [0.25, 0.3) is 0 Å². The average molecular weight is 395 g/mol. The molecule has 0 fully saturated rings. The van der Waals surface area contributed by atoms with Gasteiger partial charge >= 0.3 is 6.09 Å². The molecular weight excluding hydrogens is 360 g/mol. The first-order valence-electron chi connectivity index (χ1n) is 9.52. The van der Waals surface area contributed by atoms with Crippen molar-refractivity contribution in [3.8, 4) is 11.5 Å². The number of ether oxygens (including phenoxy) is 3. The molecule has 0 saturated carbocycles. The Kier molecular flexibility index (Phi) is 9.09. The van der Waals surface area contributed by atoms with Crippen LogP contribution in [-0.4, -0.2) is 49.8 Å². The fraction of sp³-hybridized carbons (Fsp3) is 0.619. The number of hydrogen-bond donors (Lipinski definition) is 1. The largest absolute Gasteiger partial charge is 0.493 e. The predicted octanol–water partition coefficient (Wildman–Crippen LogP) is 3.60. The Hall–Kier alpha value is -2.44. The molecule has 0 aliphatic heterocycles. The lowest BCUT2D eigenvalue weighted by molar-refractivity contribution is -0.122. The number of amides is 2. The Labute approximate surface area is 168 Å². The van der Waals surface area contributed by atoms with Gasteiger partial charge in [-0.05, 0) is 50.8 Å². The molecule has 0 bridgehead atoms. The third kappa shape index (κ3) is 8.97. The summed E-state index contributed by atoms with van der Waals surface area (Å²) >= 11 is 0. The number of carbonyl (C=O) groups excluding carboxylic acids is 2. The Bertz CT molecular complexity index is 653. The third-order valence-corrected chi connectivity index (χ3v) is 3.76. The van der Waals surface area contributed by atoms with Crippen molar-refractivity contribution in [3.63, 3.8) is 0 Å². The third-order valence-electron chi connectivity index (χ3n) is 3.76. The SMILES string of the molecule is COc1cc(CNC(=O)CN(C)C(=O)OC(C)(C)C)ccc1OCCC(C)C. The number of methoxy groups -OCH3 is 1. The van der Waals surface area contributed by atoms with E-state index in [1.807, 2.05) is 18.2 Å². The number of hydrogen-bond acceptors (Lipinski definition) is 5. The van der Waals surface area contributed by atoms with Gasteiger partial charge in [0.2, 0.25) is 5.91 Å². The lowest BCUT2D eigenvalue weighted by Gasteiger charge is -2.24. The molecule has 0 aliphatic rings. The molecule has 158 valence electrons. The van der Waals surface area contributed by atoms with Crippen LogP contribution in [0.2, 0.25) is 0 Å². The number of likely N-dealkylation sites (N-methyl/N-ethyl adjacent to an activating group) is 1. The number of nitrogens with zero attached hydrogens (tertiary/aromatic N) is 1. The summed E-state index contributed by atoms with van der Waals surface area (Å²) in [6.07, 6.45) is 0.429. The van der Waals surface area contributed by atoms with Crippen LogP contribution in [0, 0.1) is 5.92 Å². The summed E-state index contributed by atoms with van der Waals surface area (Å²) in [4.78, 5) is 25.3. The van der Waals surface area contributed by atoms with Crippen LogP contribution in [0.5, 0.6) is 11.5 Å². The number of carbonyl (C=O) groups is 2. The molecule has 28 heavy (non-hydrogen) atoms.